The summed E-state index contributed by atoms with van der Waals surface area (Å²) in [6, 6.07) is 17.9. The minimum absolute atomic E-state index is 0.0348. The molecule has 1 atom stereocenters. The van der Waals surface area contributed by atoms with Gasteiger partial charge in [0.15, 0.2) is 0 Å². The fourth-order valence-corrected chi connectivity index (χ4v) is 5.02. The van der Waals surface area contributed by atoms with Crippen molar-refractivity contribution >= 4 is 27.7 Å². The monoisotopic (exact) mass is 421 g/mol. The Morgan fingerprint density at radius 1 is 1.09 bits per heavy atom. The highest BCUT2D eigenvalue weighted by Crippen LogP contribution is 2.38. The Bertz CT molecular complexity index is 1490. The fraction of sp³-hybridized carbons (Fsp3) is 0.192. The van der Waals surface area contributed by atoms with Crippen LogP contribution in [0.4, 0.5) is 0 Å². The Balaban J connectivity index is 1.38. The zero-order chi connectivity index (χ0) is 21.8. The second-order valence-corrected chi connectivity index (χ2v) is 8.42. The van der Waals surface area contributed by atoms with Gasteiger partial charge >= 0.3 is 0 Å². The first-order valence-electron chi connectivity index (χ1n) is 10.9. The third kappa shape index (κ3) is 2.76. The number of aromatic nitrogens is 4. The van der Waals surface area contributed by atoms with Crippen molar-refractivity contribution < 1.29 is 4.79 Å². The molecule has 3 aromatic heterocycles. The van der Waals surface area contributed by atoms with Crippen LogP contribution in [-0.2, 0) is 13.5 Å². The van der Waals surface area contributed by atoms with Gasteiger partial charge in [-0.1, -0.05) is 24.3 Å². The summed E-state index contributed by atoms with van der Waals surface area (Å²) in [5.74, 6) is 0.0348. The number of pyridine rings is 1. The summed E-state index contributed by atoms with van der Waals surface area (Å²) in [6.45, 7) is 2.74. The summed E-state index contributed by atoms with van der Waals surface area (Å²) in [5.41, 5.74) is 7.19. The van der Waals surface area contributed by atoms with Gasteiger partial charge in [-0.15, -0.1) is 0 Å². The molecule has 1 aliphatic rings. The summed E-state index contributed by atoms with van der Waals surface area (Å²) in [5, 5.41) is 7.03. The molecule has 6 heteroatoms. The number of rotatable bonds is 2. The molecule has 1 aliphatic heterocycles. The normalized spacial score (nSPS) is 15.9. The van der Waals surface area contributed by atoms with E-state index in [1.165, 1.54) is 10.9 Å². The lowest BCUT2D eigenvalue weighted by Gasteiger charge is -2.33. The summed E-state index contributed by atoms with van der Waals surface area (Å²) in [6.07, 6.45) is 4.52. The van der Waals surface area contributed by atoms with Gasteiger partial charge in [0.25, 0.3) is 5.91 Å². The van der Waals surface area contributed by atoms with Gasteiger partial charge in [-0.2, -0.15) is 5.10 Å². The van der Waals surface area contributed by atoms with Crippen molar-refractivity contribution in [1.82, 2.24) is 24.6 Å². The molecule has 158 valence electrons. The van der Waals surface area contributed by atoms with E-state index >= 15 is 0 Å². The Morgan fingerprint density at radius 2 is 1.97 bits per heavy atom. The Hall–Kier alpha value is -3.93. The third-order valence-electron chi connectivity index (χ3n) is 6.60. The smallest absolute Gasteiger partial charge is 0.254 e. The van der Waals surface area contributed by atoms with Crippen molar-refractivity contribution in [2.24, 2.45) is 7.05 Å². The molecular weight excluding hydrogens is 398 g/mol. The molecule has 6 nitrogen and oxygen atoms in total. The highest BCUT2D eigenvalue weighted by Gasteiger charge is 2.33. The predicted octanol–water partition coefficient (Wildman–Crippen LogP) is 4.88. The zero-order valence-electron chi connectivity index (χ0n) is 18.0. The van der Waals surface area contributed by atoms with Crippen molar-refractivity contribution in [1.29, 1.82) is 0 Å². The van der Waals surface area contributed by atoms with Gasteiger partial charge in [0.2, 0.25) is 0 Å². The SMILES string of the molecule is C[C@H]1c2nn(C)c(-c3cccc4cc[nH]c34)c2CCN1C(=O)c1ccc2ncccc2c1. The number of nitrogens with one attached hydrogen (secondary N) is 1. The Morgan fingerprint density at radius 3 is 2.88 bits per heavy atom. The number of H-pyrrole nitrogens is 1. The lowest BCUT2D eigenvalue weighted by Crippen LogP contribution is -2.38. The average molecular weight is 422 g/mol. The molecule has 0 radical (unpaired) electrons. The van der Waals surface area contributed by atoms with E-state index in [0.29, 0.717) is 12.1 Å². The van der Waals surface area contributed by atoms with E-state index in [9.17, 15) is 4.79 Å². The average Bonchev–Trinajstić information content (AvgIpc) is 3.43. The van der Waals surface area contributed by atoms with Crippen molar-refractivity contribution in [3.8, 4) is 11.3 Å². The van der Waals surface area contributed by atoms with Crippen molar-refractivity contribution in [2.75, 3.05) is 6.54 Å². The molecule has 0 saturated carbocycles. The number of para-hydroxylation sites is 1. The quantitative estimate of drug-likeness (QED) is 0.442. The largest absolute Gasteiger partial charge is 0.361 e. The molecule has 0 fully saturated rings. The molecular formula is C26H23N5O. The predicted molar refractivity (Wildman–Crippen MR) is 125 cm³/mol. The van der Waals surface area contributed by atoms with Crippen LogP contribution < -0.4 is 0 Å². The van der Waals surface area contributed by atoms with Gasteiger partial charge < -0.3 is 9.88 Å². The summed E-state index contributed by atoms with van der Waals surface area (Å²) in [7, 11) is 1.99. The lowest BCUT2D eigenvalue weighted by molar-refractivity contribution is 0.0674. The number of carbonyl (C=O) groups excluding carboxylic acids is 1. The van der Waals surface area contributed by atoms with E-state index in [1.807, 2.05) is 53.2 Å². The molecule has 2 aromatic carbocycles. The standard InChI is InChI=1S/C26H23N5O/c1-16-23-21(25(30(2)29-23)20-7-3-5-17-10-13-28-24(17)20)11-14-31(16)26(32)19-8-9-22-18(15-19)6-4-12-27-22/h3-10,12-13,15-16,28H,11,14H2,1-2H3/t16-/m0/s1. The number of aryl methyl sites for hydroxylation is 1. The summed E-state index contributed by atoms with van der Waals surface area (Å²) < 4.78 is 1.96. The molecule has 0 saturated heterocycles. The number of carbonyl (C=O) groups is 1. The van der Waals surface area contributed by atoms with Crippen LogP contribution in [0.2, 0.25) is 0 Å². The Labute approximate surface area is 185 Å². The molecule has 0 spiro atoms. The van der Waals surface area contributed by atoms with Crippen LogP contribution in [0.5, 0.6) is 0 Å². The lowest BCUT2D eigenvalue weighted by atomic mass is 9.94. The van der Waals surface area contributed by atoms with Crippen LogP contribution in [0.3, 0.4) is 0 Å². The van der Waals surface area contributed by atoms with Gasteiger partial charge in [0, 0.05) is 53.4 Å². The molecule has 0 bridgehead atoms. The minimum atomic E-state index is -0.0985. The molecule has 4 heterocycles. The second-order valence-electron chi connectivity index (χ2n) is 8.42. The van der Waals surface area contributed by atoms with Crippen LogP contribution in [0.1, 0.15) is 34.6 Å². The van der Waals surface area contributed by atoms with Crippen LogP contribution in [-0.4, -0.2) is 37.1 Å². The van der Waals surface area contributed by atoms with Gasteiger partial charge in [-0.3, -0.25) is 14.5 Å². The van der Waals surface area contributed by atoms with Gasteiger partial charge in [0.1, 0.15) is 0 Å². The highest BCUT2D eigenvalue weighted by atomic mass is 16.2. The van der Waals surface area contributed by atoms with Crippen molar-refractivity contribution in [3.63, 3.8) is 0 Å². The highest BCUT2D eigenvalue weighted by molar-refractivity contribution is 5.98. The number of nitrogens with zero attached hydrogens (tertiary/aromatic N) is 4. The maximum atomic E-state index is 13.4. The molecule has 1 N–H and O–H groups in total. The number of aromatic amines is 1. The third-order valence-corrected chi connectivity index (χ3v) is 6.60. The number of amides is 1. The second kappa shape index (κ2) is 7.05. The van der Waals surface area contributed by atoms with Gasteiger partial charge in [0.05, 0.1) is 28.5 Å². The number of benzene rings is 2. The first-order valence-corrected chi connectivity index (χ1v) is 10.9. The fourth-order valence-electron chi connectivity index (χ4n) is 5.02. The minimum Gasteiger partial charge on any atom is -0.361 e. The zero-order valence-corrected chi connectivity index (χ0v) is 18.0. The summed E-state index contributed by atoms with van der Waals surface area (Å²) >= 11 is 0. The molecule has 0 aliphatic carbocycles. The van der Waals surface area contributed by atoms with E-state index in [0.717, 1.165) is 39.8 Å². The van der Waals surface area contributed by atoms with Crippen LogP contribution in [0.15, 0.2) is 67.0 Å². The number of hydrogen-bond acceptors (Lipinski definition) is 3. The molecule has 6 rings (SSSR count). The van der Waals surface area contributed by atoms with E-state index < -0.39 is 0 Å². The first kappa shape index (κ1) is 18.8. The Kier molecular flexibility index (Phi) is 4.15. The van der Waals surface area contributed by atoms with Crippen LogP contribution in [0, 0.1) is 0 Å². The number of hydrogen-bond donors (Lipinski definition) is 1. The van der Waals surface area contributed by atoms with Crippen LogP contribution in [0.25, 0.3) is 33.1 Å². The maximum absolute atomic E-state index is 13.4. The van der Waals surface area contributed by atoms with Gasteiger partial charge in [-0.25, -0.2) is 0 Å². The molecule has 1 amide bonds. The van der Waals surface area contributed by atoms with Crippen molar-refractivity contribution in [3.05, 3.63) is 83.8 Å². The molecule has 32 heavy (non-hydrogen) atoms. The van der Waals surface area contributed by atoms with E-state index in [1.54, 1.807) is 6.20 Å². The van der Waals surface area contributed by atoms with Crippen LogP contribution >= 0.6 is 0 Å². The topological polar surface area (TPSA) is 66.8 Å². The number of fused-ring (bicyclic) bond motifs is 3. The van der Waals surface area contributed by atoms with Crippen molar-refractivity contribution in [2.45, 2.75) is 19.4 Å². The maximum Gasteiger partial charge on any atom is 0.254 e. The van der Waals surface area contributed by atoms with E-state index in [2.05, 4.69) is 41.2 Å². The molecule has 0 unspecified atom stereocenters. The van der Waals surface area contributed by atoms with Gasteiger partial charge in [-0.05, 0) is 43.7 Å². The molecule has 5 aromatic rings. The van der Waals surface area contributed by atoms with E-state index in [4.69, 9.17) is 5.10 Å². The van der Waals surface area contributed by atoms with E-state index in [-0.39, 0.29) is 11.9 Å². The summed E-state index contributed by atoms with van der Waals surface area (Å²) in [4.78, 5) is 23.1. The first-order chi connectivity index (χ1) is 15.6.